The van der Waals surface area contributed by atoms with Gasteiger partial charge in [-0.25, -0.2) is 0 Å². The van der Waals surface area contributed by atoms with Crippen LogP contribution in [0.15, 0.2) is 0 Å². The largest absolute Gasteiger partial charge is 0.393 e. The maximum atomic E-state index is 13.5. The number of hydrogen-bond donors (Lipinski definition) is 2. The molecule has 2 aliphatic heterocycles. The summed E-state index contributed by atoms with van der Waals surface area (Å²) in [5.41, 5.74) is 0. The van der Waals surface area contributed by atoms with Crippen molar-refractivity contribution < 1.29 is 19.5 Å². The lowest BCUT2D eigenvalue weighted by molar-refractivity contribution is -0.150. The fraction of sp³-hybridized carbons (Fsp3) is 0.870. The molecule has 2 rings (SSSR count). The van der Waals surface area contributed by atoms with Gasteiger partial charge in [0, 0.05) is 32.1 Å². The third-order valence-corrected chi connectivity index (χ3v) is 7.12. The minimum Gasteiger partial charge on any atom is -0.393 e. The lowest BCUT2D eigenvalue weighted by Gasteiger charge is -2.36. The number of amides is 3. The number of aliphatic hydroxyl groups is 1. The molecule has 2 saturated heterocycles. The summed E-state index contributed by atoms with van der Waals surface area (Å²) in [4.78, 5) is 44.9. The van der Waals surface area contributed by atoms with Gasteiger partial charge in [0.15, 0.2) is 0 Å². The zero-order valence-electron chi connectivity index (χ0n) is 19.8. The van der Waals surface area contributed by atoms with E-state index in [1.54, 1.807) is 21.6 Å². The van der Waals surface area contributed by atoms with Crippen molar-refractivity contribution in [3.8, 4) is 0 Å². The Balaban J connectivity index is 2.12. The average molecular weight is 456 g/mol. The van der Waals surface area contributed by atoms with Crippen LogP contribution in [0.3, 0.4) is 0 Å². The van der Waals surface area contributed by atoms with Crippen molar-refractivity contribution in [3.05, 3.63) is 0 Å². The van der Waals surface area contributed by atoms with Crippen LogP contribution in [0.5, 0.6) is 0 Å². The Hall–Kier alpha value is -1.28. The minimum absolute atomic E-state index is 0.0522. The van der Waals surface area contributed by atoms with Crippen LogP contribution in [0.4, 0.5) is 0 Å². The molecule has 5 atom stereocenters. The highest BCUT2D eigenvalue weighted by atomic mass is 32.1. The molecule has 0 radical (unpaired) electrons. The second-order valence-electron chi connectivity index (χ2n) is 9.46. The van der Waals surface area contributed by atoms with E-state index in [2.05, 4.69) is 26.5 Å². The molecule has 2 fully saturated rings. The molecule has 0 bridgehead atoms. The molecule has 8 heteroatoms. The topological polar surface area (TPSA) is 81.2 Å². The van der Waals surface area contributed by atoms with Crippen LogP contribution in [0.2, 0.25) is 0 Å². The van der Waals surface area contributed by atoms with Gasteiger partial charge in [-0.3, -0.25) is 14.4 Å². The van der Waals surface area contributed by atoms with Crippen LogP contribution >= 0.6 is 12.6 Å². The predicted octanol–water partition coefficient (Wildman–Crippen LogP) is 2.18. The number of nitrogens with zero attached hydrogens (tertiary/aromatic N) is 3. The highest BCUT2D eigenvalue weighted by Crippen LogP contribution is 2.26. The highest BCUT2D eigenvalue weighted by molar-refractivity contribution is 7.81. The van der Waals surface area contributed by atoms with Crippen LogP contribution in [0, 0.1) is 11.8 Å². The van der Waals surface area contributed by atoms with E-state index >= 15 is 0 Å². The van der Waals surface area contributed by atoms with Crippen LogP contribution in [-0.2, 0) is 14.4 Å². The summed E-state index contributed by atoms with van der Waals surface area (Å²) >= 11 is 4.50. The Bertz CT molecular complexity index is 642. The van der Waals surface area contributed by atoms with Crippen LogP contribution < -0.4 is 0 Å². The number of likely N-dealkylation sites (tertiary alicyclic amines) is 2. The Kier molecular flexibility index (Phi) is 9.67. The number of thiol groups is 1. The van der Waals surface area contributed by atoms with Crippen LogP contribution in [-0.4, -0.2) is 87.1 Å². The Morgan fingerprint density at radius 2 is 1.77 bits per heavy atom. The fourth-order valence-corrected chi connectivity index (χ4v) is 5.44. The van der Waals surface area contributed by atoms with E-state index in [0.717, 1.165) is 12.8 Å². The predicted molar refractivity (Wildman–Crippen MR) is 125 cm³/mol. The standard InChI is InChI=1S/C23H41N3O4S/c1-6-18(21(28)24-12-10-17(14-24)16(5)27)25(7-2)22(29)19-9-8-11-26(19)23(30)20(31)13-15(3)4/h15-20,27,31H,6-14H2,1-5H3/t16?,17-,18-,19-,20-/m0/s1. The normalized spacial score (nSPS) is 24.4. The molecule has 0 saturated carbocycles. The monoisotopic (exact) mass is 455 g/mol. The van der Waals surface area contributed by atoms with Gasteiger partial charge in [-0.05, 0) is 51.9 Å². The maximum absolute atomic E-state index is 13.5. The van der Waals surface area contributed by atoms with E-state index in [4.69, 9.17) is 0 Å². The molecule has 31 heavy (non-hydrogen) atoms. The Labute approximate surface area is 192 Å². The van der Waals surface area contributed by atoms with Gasteiger partial charge in [0.2, 0.25) is 17.7 Å². The van der Waals surface area contributed by atoms with Crippen molar-refractivity contribution in [1.29, 1.82) is 0 Å². The molecule has 0 aliphatic carbocycles. The minimum atomic E-state index is -0.537. The van der Waals surface area contributed by atoms with E-state index in [0.29, 0.717) is 51.4 Å². The van der Waals surface area contributed by atoms with Crippen LogP contribution in [0.1, 0.15) is 66.7 Å². The first-order valence-electron chi connectivity index (χ1n) is 11.9. The number of carbonyl (C=O) groups excluding carboxylic acids is 3. The molecule has 1 N–H and O–H groups in total. The highest BCUT2D eigenvalue weighted by Gasteiger charge is 2.42. The summed E-state index contributed by atoms with van der Waals surface area (Å²) in [7, 11) is 0. The van der Waals surface area contributed by atoms with Gasteiger partial charge in [-0.15, -0.1) is 0 Å². The molecule has 0 aromatic heterocycles. The van der Waals surface area contributed by atoms with Gasteiger partial charge < -0.3 is 19.8 Å². The molecule has 0 aromatic carbocycles. The first-order chi connectivity index (χ1) is 14.6. The summed E-state index contributed by atoms with van der Waals surface area (Å²) in [5.74, 6) is 0.169. The number of rotatable bonds is 9. The van der Waals surface area contributed by atoms with E-state index in [1.165, 1.54) is 0 Å². The Morgan fingerprint density at radius 3 is 2.29 bits per heavy atom. The van der Waals surface area contributed by atoms with Crippen molar-refractivity contribution in [3.63, 3.8) is 0 Å². The molecule has 178 valence electrons. The molecule has 2 aliphatic rings. The zero-order chi connectivity index (χ0) is 23.3. The molecule has 2 heterocycles. The third kappa shape index (κ3) is 6.15. The van der Waals surface area contributed by atoms with E-state index < -0.39 is 23.4 Å². The van der Waals surface area contributed by atoms with Gasteiger partial charge in [-0.2, -0.15) is 12.6 Å². The lowest BCUT2D eigenvalue weighted by atomic mass is 10.0. The summed E-state index contributed by atoms with van der Waals surface area (Å²) in [5, 5.41) is 9.46. The van der Waals surface area contributed by atoms with Gasteiger partial charge in [0.25, 0.3) is 0 Å². The first-order valence-corrected chi connectivity index (χ1v) is 12.4. The third-order valence-electron chi connectivity index (χ3n) is 6.69. The van der Waals surface area contributed by atoms with E-state index in [1.807, 2.05) is 13.8 Å². The lowest BCUT2D eigenvalue weighted by Crippen LogP contribution is -2.56. The van der Waals surface area contributed by atoms with Crippen molar-refractivity contribution in [2.45, 2.75) is 90.2 Å². The summed E-state index contributed by atoms with van der Waals surface area (Å²) < 4.78 is 0. The summed E-state index contributed by atoms with van der Waals surface area (Å²) in [6.07, 6.45) is 2.95. The van der Waals surface area contributed by atoms with Gasteiger partial charge in [-0.1, -0.05) is 20.8 Å². The zero-order valence-corrected chi connectivity index (χ0v) is 20.7. The van der Waals surface area contributed by atoms with E-state index in [9.17, 15) is 19.5 Å². The fourth-order valence-electron chi connectivity index (χ4n) is 4.87. The molecule has 7 nitrogen and oxygen atoms in total. The number of aliphatic hydroxyl groups excluding tert-OH is 1. The second-order valence-corrected chi connectivity index (χ2v) is 10.1. The van der Waals surface area contributed by atoms with E-state index in [-0.39, 0.29) is 23.6 Å². The van der Waals surface area contributed by atoms with Gasteiger partial charge in [0.1, 0.15) is 12.1 Å². The first kappa shape index (κ1) is 26.0. The molecule has 1 unspecified atom stereocenters. The Morgan fingerprint density at radius 1 is 1.10 bits per heavy atom. The number of carbonyl (C=O) groups is 3. The van der Waals surface area contributed by atoms with Crippen molar-refractivity contribution in [1.82, 2.24) is 14.7 Å². The van der Waals surface area contributed by atoms with Gasteiger partial charge >= 0.3 is 0 Å². The van der Waals surface area contributed by atoms with Gasteiger partial charge in [0.05, 0.1) is 11.4 Å². The molecule has 3 amide bonds. The number of hydrogen-bond acceptors (Lipinski definition) is 5. The molecular formula is C23H41N3O4S. The quantitative estimate of drug-likeness (QED) is 0.522. The average Bonchev–Trinajstić information content (AvgIpc) is 3.39. The summed E-state index contributed by atoms with van der Waals surface area (Å²) in [6, 6.07) is -1.05. The molecule has 0 aromatic rings. The summed E-state index contributed by atoms with van der Waals surface area (Å²) in [6.45, 7) is 11.8. The van der Waals surface area contributed by atoms with Crippen molar-refractivity contribution in [2.24, 2.45) is 11.8 Å². The SMILES string of the molecule is CC[C@@H](C(=O)N1CC[C@H](C(C)O)C1)N(CC)C(=O)[C@@H]1CCCN1C(=O)[C@@H](S)CC(C)C. The van der Waals surface area contributed by atoms with Crippen molar-refractivity contribution in [2.75, 3.05) is 26.2 Å². The smallest absolute Gasteiger partial charge is 0.246 e. The van der Waals surface area contributed by atoms with Crippen molar-refractivity contribution >= 4 is 30.4 Å². The maximum Gasteiger partial charge on any atom is 0.246 e. The number of likely N-dealkylation sites (N-methyl/N-ethyl adjacent to an activating group) is 1. The molecular weight excluding hydrogens is 414 g/mol. The van der Waals surface area contributed by atoms with Crippen LogP contribution in [0.25, 0.3) is 0 Å². The molecule has 0 spiro atoms. The second kappa shape index (κ2) is 11.5.